The van der Waals surface area contributed by atoms with E-state index in [0.717, 1.165) is 6.07 Å². The van der Waals surface area contributed by atoms with Crippen molar-refractivity contribution in [2.75, 3.05) is 25.5 Å². The van der Waals surface area contributed by atoms with Crippen LogP contribution >= 0.6 is 15.9 Å². The van der Waals surface area contributed by atoms with Gasteiger partial charge in [-0.1, -0.05) is 0 Å². The topological polar surface area (TPSA) is 57.7 Å². The minimum Gasteiger partial charge on any atom is -0.349 e. The van der Waals surface area contributed by atoms with E-state index in [4.69, 9.17) is 0 Å². The first-order valence-electron chi connectivity index (χ1n) is 5.88. The third-order valence-electron chi connectivity index (χ3n) is 3.03. The van der Waals surface area contributed by atoms with Crippen LogP contribution in [0.25, 0.3) is 0 Å². The maximum Gasteiger partial charge on any atom is 0.299 e. The first-order valence-corrected chi connectivity index (χ1v) is 6.67. The van der Waals surface area contributed by atoms with Crippen molar-refractivity contribution >= 4 is 39.2 Å². The van der Waals surface area contributed by atoms with Crippen LogP contribution in [0.5, 0.6) is 0 Å². The van der Waals surface area contributed by atoms with Crippen LogP contribution in [0, 0.1) is 5.82 Å². The fourth-order valence-electron chi connectivity index (χ4n) is 2.00. The fraction of sp³-hybridized carbons (Fsp3) is 0.308. The van der Waals surface area contributed by atoms with Crippen molar-refractivity contribution in [1.29, 1.82) is 0 Å². The molecule has 1 aromatic carbocycles. The van der Waals surface area contributed by atoms with E-state index < -0.39 is 17.5 Å². The summed E-state index contributed by atoms with van der Waals surface area (Å²) in [6, 6.07) is 2.22. The van der Waals surface area contributed by atoms with Crippen LogP contribution in [-0.4, -0.2) is 43.1 Å². The first kappa shape index (κ1) is 14.6. The van der Waals surface area contributed by atoms with Crippen LogP contribution in [0.2, 0.25) is 0 Å². The lowest BCUT2D eigenvalue weighted by Crippen LogP contribution is -2.34. The van der Waals surface area contributed by atoms with Crippen LogP contribution in [0.3, 0.4) is 0 Å². The molecule has 1 heterocycles. The van der Waals surface area contributed by atoms with Gasteiger partial charge in [-0.15, -0.1) is 0 Å². The van der Waals surface area contributed by atoms with Gasteiger partial charge in [0.05, 0.1) is 11.3 Å². The number of rotatable bonds is 3. The van der Waals surface area contributed by atoms with Crippen LogP contribution < -0.4 is 4.90 Å². The van der Waals surface area contributed by atoms with Gasteiger partial charge in [-0.2, -0.15) is 0 Å². The molecule has 0 aliphatic carbocycles. The average molecular weight is 343 g/mol. The summed E-state index contributed by atoms with van der Waals surface area (Å²) < 4.78 is 13.6. The lowest BCUT2D eigenvalue weighted by Gasteiger charge is -2.18. The Morgan fingerprint density at radius 2 is 2.00 bits per heavy atom. The predicted molar refractivity (Wildman–Crippen MR) is 74.1 cm³/mol. The monoisotopic (exact) mass is 342 g/mol. The molecule has 1 aromatic rings. The molecule has 0 spiro atoms. The Bertz CT molecular complexity index is 616. The molecule has 0 radical (unpaired) electrons. The number of Topliss-reactive ketones (excluding diaryl/α,β-unsaturated/α-hetero) is 1. The Morgan fingerprint density at radius 1 is 1.35 bits per heavy atom. The van der Waals surface area contributed by atoms with E-state index in [2.05, 4.69) is 15.9 Å². The van der Waals surface area contributed by atoms with Gasteiger partial charge >= 0.3 is 0 Å². The zero-order chi connectivity index (χ0) is 15.0. The van der Waals surface area contributed by atoms with E-state index in [1.807, 2.05) is 0 Å². The van der Waals surface area contributed by atoms with Gasteiger partial charge in [0, 0.05) is 31.5 Å². The van der Waals surface area contributed by atoms with Gasteiger partial charge in [-0.05, 0) is 28.1 Å². The maximum atomic E-state index is 13.3. The van der Waals surface area contributed by atoms with Crippen molar-refractivity contribution in [3.63, 3.8) is 0 Å². The average Bonchev–Trinajstić information content (AvgIpc) is 2.60. The molecule has 0 aromatic heterocycles. The van der Waals surface area contributed by atoms with Crippen molar-refractivity contribution in [2.45, 2.75) is 6.42 Å². The minimum absolute atomic E-state index is 0.0270. The SMILES string of the molecule is CN(C)C(=O)CCN1C(=O)C(=O)c2cc(F)cc(Br)c21. The molecule has 1 aliphatic rings. The number of benzene rings is 1. The number of halogens is 2. The molecule has 2 rings (SSSR count). The molecule has 2 amide bonds. The van der Waals surface area contributed by atoms with Crippen molar-refractivity contribution in [3.8, 4) is 0 Å². The predicted octanol–water partition coefficient (Wildman–Crippen LogP) is 1.60. The molecule has 20 heavy (non-hydrogen) atoms. The minimum atomic E-state index is -0.752. The van der Waals surface area contributed by atoms with Crippen molar-refractivity contribution in [3.05, 3.63) is 28.0 Å². The van der Waals surface area contributed by atoms with E-state index in [1.165, 1.54) is 15.9 Å². The van der Waals surface area contributed by atoms with Crippen LogP contribution in [0.15, 0.2) is 16.6 Å². The number of hydrogen-bond donors (Lipinski definition) is 0. The highest BCUT2D eigenvalue weighted by Crippen LogP contribution is 2.36. The molecule has 0 atom stereocenters. The molecule has 106 valence electrons. The largest absolute Gasteiger partial charge is 0.349 e. The molecule has 0 fully saturated rings. The smallest absolute Gasteiger partial charge is 0.299 e. The van der Waals surface area contributed by atoms with Gasteiger partial charge in [0.15, 0.2) is 0 Å². The number of ketones is 1. The normalized spacial score (nSPS) is 13.7. The number of fused-ring (bicyclic) bond motifs is 1. The summed E-state index contributed by atoms with van der Waals surface area (Å²) in [5.74, 6) is -2.24. The van der Waals surface area contributed by atoms with E-state index in [1.54, 1.807) is 14.1 Å². The standard InChI is InChI=1S/C13H12BrFN2O3/c1-16(2)10(18)3-4-17-11-8(12(19)13(17)20)5-7(15)6-9(11)14/h5-6H,3-4H2,1-2H3. The summed E-state index contributed by atoms with van der Waals surface area (Å²) in [7, 11) is 3.22. The number of carbonyl (C=O) groups excluding carboxylic acids is 3. The lowest BCUT2D eigenvalue weighted by molar-refractivity contribution is -0.128. The quantitative estimate of drug-likeness (QED) is 0.784. The Balaban J connectivity index is 2.31. The third-order valence-corrected chi connectivity index (χ3v) is 3.63. The van der Waals surface area contributed by atoms with E-state index in [0.29, 0.717) is 10.2 Å². The Morgan fingerprint density at radius 3 is 2.60 bits per heavy atom. The Labute approximate surface area is 123 Å². The van der Waals surface area contributed by atoms with E-state index in [-0.39, 0.29) is 24.4 Å². The highest BCUT2D eigenvalue weighted by atomic mass is 79.9. The maximum absolute atomic E-state index is 13.3. The highest BCUT2D eigenvalue weighted by Gasteiger charge is 2.37. The molecule has 5 nitrogen and oxygen atoms in total. The molecular weight excluding hydrogens is 331 g/mol. The van der Waals surface area contributed by atoms with E-state index >= 15 is 0 Å². The van der Waals surface area contributed by atoms with Gasteiger partial charge in [0.1, 0.15) is 5.82 Å². The molecule has 1 aliphatic heterocycles. The highest BCUT2D eigenvalue weighted by molar-refractivity contribution is 9.10. The van der Waals surface area contributed by atoms with Gasteiger partial charge < -0.3 is 9.80 Å². The van der Waals surface area contributed by atoms with Gasteiger partial charge in [0.2, 0.25) is 5.91 Å². The summed E-state index contributed by atoms with van der Waals surface area (Å²) in [5, 5.41) is 0. The van der Waals surface area contributed by atoms with E-state index in [9.17, 15) is 18.8 Å². The molecular formula is C13H12BrFN2O3. The van der Waals surface area contributed by atoms with Crippen molar-refractivity contribution in [1.82, 2.24) is 4.90 Å². The summed E-state index contributed by atoms with van der Waals surface area (Å²) in [6.45, 7) is 0.0822. The summed E-state index contributed by atoms with van der Waals surface area (Å²) in [4.78, 5) is 37.9. The summed E-state index contributed by atoms with van der Waals surface area (Å²) >= 11 is 3.15. The molecule has 0 saturated heterocycles. The number of nitrogens with zero attached hydrogens (tertiary/aromatic N) is 2. The van der Waals surface area contributed by atoms with Crippen LogP contribution in [0.4, 0.5) is 10.1 Å². The van der Waals surface area contributed by atoms with Crippen molar-refractivity contribution in [2.24, 2.45) is 0 Å². The van der Waals surface area contributed by atoms with Gasteiger partial charge in [-0.25, -0.2) is 4.39 Å². The van der Waals surface area contributed by atoms with Crippen LogP contribution in [0.1, 0.15) is 16.8 Å². The Hall–Kier alpha value is -1.76. The zero-order valence-corrected chi connectivity index (χ0v) is 12.5. The fourth-order valence-corrected chi connectivity index (χ4v) is 2.64. The molecule has 0 N–H and O–H groups in total. The second-order valence-corrected chi connectivity index (χ2v) is 5.46. The third kappa shape index (κ3) is 2.45. The summed E-state index contributed by atoms with van der Waals surface area (Å²) in [5.41, 5.74) is 0.354. The number of hydrogen-bond acceptors (Lipinski definition) is 3. The van der Waals surface area contributed by atoms with Gasteiger partial charge in [0.25, 0.3) is 11.7 Å². The number of amides is 2. The molecule has 0 saturated carbocycles. The molecule has 7 heteroatoms. The Kier molecular flexibility index (Phi) is 3.89. The second-order valence-electron chi connectivity index (χ2n) is 4.61. The molecule has 0 bridgehead atoms. The van der Waals surface area contributed by atoms with Gasteiger partial charge in [-0.3, -0.25) is 14.4 Å². The van der Waals surface area contributed by atoms with Crippen molar-refractivity contribution < 1.29 is 18.8 Å². The number of anilines is 1. The summed E-state index contributed by atoms with van der Waals surface area (Å²) in [6.07, 6.45) is 0.0925. The van der Waals surface area contributed by atoms with Crippen LogP contribution in [-0.2, 0) is 9.59 Å². The lowest BCUT2D eigenvalue weighted by atomic mass is 10.1. The zero-order valence-electron chi connectivity index (χ0n) is 10.9. The second kappa shape index (κ2) is 5.32. The molecule has 0 unspecified atom stereocenters. The first-order chi connectivity index (χ1) is 9.32. The number of carbonyl (C=O) groups is 3.